The zero-order chi connectivity index (χ0) is 25.3. The van der Waals surface area contributed by atoms with E-state index in [0.29, 0.717) is 17.7 Å². The highest BCUT2D eigenvalue weighted by Gasteiger charge is 2.26. The number of aromatic hydroxyl groups is 1. The van der Waals surface area contributed by atoms with Gasteiger partial charge < -0.3 is 14.6 Å². The lowest BCUT2D eigenvalue weighted by Gasteiger charge is -2.05. The van der Waals surface area contributed by atoms with Gasteiger partial charge in [-0.05, 0) is 56.4 Å². The maximum Gasteiger partial charge on any atom is 0.408 e. The summed E-state index contributed by atoms with van der Waals surface area (Å²) in [6, 6.07) is 4.57. The summed E-state index contributed by atoms with van der Waals surface area (Å²) in [6.07, 6.45) is -0.351. The molecule has 0 spiro atoms. The number of alkyl halides is 3. The molecule has 1 amide bonds. The third-order valence-electron chi connectivity index (χ3n) is 4.61. The Kier molecular flexibility index (Phi) is 9.67. The average Bonchev–Trinajstić information content (AvgIpc) is 3.15. The smallest absolute Gasteiger partial charge is 0.408 e. The van der Waals surface area contributed by atoms with E-state index in [-0.39, 0.29) is 30.6 Å². The SMILES string of the molecule is CC(=Cc1ccc(CCCC(F)(F)F)s1)C(=O)c1c(O)cc(CCCC=CNC(=O)O)oc1=O. The maximum atomic E-state index is 12.7. The molecule has 3 N–H and O–H groups in total. The van der Waals surface area contributed by atoms with Crippen molar-refractivity contribution < 1.29 is 37.4 Å². The van der Waals surface area contributed by atoms with Crippen LogP contribution in [0.15, 0.2) is 45.3 Å². The molecule has 2 aromatic rings. The summed E-state index contributed by atoms with van der Waals surface area (Å²) in [5.41, 5.74) is -1.31. The van der Waals surface area contributed by atoms with Gasteiger partial charge in [0.25, 0.3) is 0 Å². The van der Waals surface area contributed by atoms with Gasteiger partial charge in [-0.2, -0.15) is 13.2 Å². The summed E-state index contributed by atoms with van der Waals surface area (Å²) in [5, 5.41) is 20.8. The molecule has 0 atom stereocenters. The first-order chi connectivity index (χ1) is 16.0. The molecule has 0 aliphatic carbocycles. The Balaban J connectivity index is 2.02. The highest BCUT2D eigenvalue weighted by molar-refractivity contribution is 7.12. The molecule has 7 nitrogen and oxygen atoms in total. The minimum Gasteiger partial charge on any atom is -0.507 e. The molecule has 0 radical (unpaired) electrons. The van der Waals surface area contributed by atoms with E-state index in [1.54, 1.807) is 18.2 Å². The Morgan fingerprint density at radius 1 is 1.21 bits per heavy atom. The maximum absolute atomic E-state index is 12.7. The van der Waals surface area contributed by atoms with Crippen LogP contribution in [0, 0.1) is 0 Å². The van der Waals surface area contributed by atoms with Crippen LogP contribution < -0.4 is 10.9 Å². The molecule has 11 heteroatoms. The van der Waals surface area contributed by atoms with Gasteiger partial charge in [0, 0.05) is 34.9 Å². The lowest BCUT2D eigenvalue weighted by atomic mass is 10.0. The van der Waals surface area contributed by atoms with E-state index in [0.717, 1.165) is 4.88 Å². The molecule has 2 aromatic heterocycles. The van der Waals surface area contributed by atoms with E-state index in [1.807, 2.05) is 0 Å². The number of allylic oxidation sites excluding steroid dienone is 2. The summed E-state index contributed by atoms with van der Waals surface area (Å²) in [6.45, 7) is 1.47. The number of Topliss-reactive ketones (excluding diaryl/α,β-unsaturated/α-hetero) is 1. The Morgan fingerprint density at radius 3 is 2.59 bits per heavy atom. The normalized spacial score (nSPS) is 12.3. The first kappa shape index (κ1) is 26.9. The Hall–Kier alpha value is -3.34. The molecule has 2 heterocycles. The molecule has 0 fully saturated rings. The van der Waals surface area contributed by atoms with Crippen LogP contribution in [0.4, 0.5) is 18.0 Å². The summed E-state index contributed by atoms with van der Waals surface area (Å²) >= 11 is 1.25. The van der Waals surface area contributed by atoms with Gasteiger partial charge in [0.05, 0.1) is 0 Å². The van der Waals surface area contributed by atoms with E-state index in [2.05, 4.69) is 5.32 Å². The number of thiophene rings is 1. The third-order valence-corrected chi connectivity index (χ3v) is 5.70. The average molecular weight is 500 g/mol. The van der Waals surface area contributed by atoms with Gasteiger partial charge in [0.2, 0.25) is 0 Å². The molecular formula is C23H24F3NO6S. The lowest BCUT2D eigenvalue weighted by Crippen LogP contribution is -2.16. The molecule has 2 rings (SSSR count). The molecule has 184 valence electrons. The topological polar surface area (TPSA) is 117 Å². The van der Waals surface area contributed by atoms with Crippen LogP contribution in [0.2, 0.25) is 0 Å². The fourth-order valence-electron chi connectivity index (χ4n) is 3.01. The van der Waals surface area contributed by atoms with Gasteiger partial charge in [-0.25, -0.2) is 9.59 Å². The largest absolute Gasteiger partial charge is 0.507 e. The van der Waals surface area contributed by atoms with Gasteiger partial charge in [0.1, 0.15) is 17.1 Å². The predicted octanol–water partition coefficient (Wildman–Crippen LogP) is 5.68. The Bertz CT molecular complexity index is 1130. The van der Waals surface area contributed by atoms with Gasteiger partial charge in [-0.3, -0.25) is 10.1 Å². The number of hydrogen-bond acceptors (Lipinski definition) is 6. The van der Waals surface area contributed by atoms with Crippen molar-refractivity contribution in [2.75, 3.05) is 0 Å². The standard InChI is InChI=1S/C23H24F3NO6S/c1-14(12-17-9-8-16(34-17)7-5-10-23(24,25)26)20(29)19-18(28)13-15(33-21(19)30)6-3-2-4-11-27-22(31)32/h4,8-9,11-13,27-28H,2-3,5-7,10H2,1H3,(H,31,32). The first-order valence-corrected chi connectivity index (χ1v) is 11.2. The lowest BCUT2D eigenvalue weighted by molar-refractivity contribution is -0.135. The summed E-state index contributed by atoms with van der Waals surface area (Å²) in [7, 11) is 0. The van der Waals surface area contributed by atoms with Gasteiger partial charge >= 0.3 is 17.9 Å². The summed E-state index contributed by atoms with van der Waals surface area (Å²) < 4.78 is 42.0. The number of nitrogens with one attached hydrogen (secondary N) is 1. The van der Waals surface area contributed by atoms with Crippen LogP contribution in [0.25, 0.3) is 6.08 Å². The quantitative estimate of drug-likeness (QED) is 0.208. The number of carboxylic acid groups (broad SMARTS) is 1. The molecule has 0 unspecified atom stereocenters. The molecule has 34 heavy (non-hydrogen) atoms. The van der Waals surface area contributed by atoms with Crippen molar-refractivity contribution in [1.82, 2.24) is 5.32 Å². The van der Waals surface area contributed by atoms with Crippen molar-refractivity contribution >= 4 is 29.3 Å². The zero-order valence-corrected chi connectivity index (χ0v) is 19.1. The van der Waals surface area contributed by atoms with Crippen molar-refractivity contribution in [2.24, 2.45) is 0 Å². The van der Waals surface area contributed by atoms with Crippen molar-refractivity contribution in [1.29, 1.82) is 0 Å². The van der Waals surface area contributed by atoms with Crippen LogP contribution >= 0.6 is 11.3 Å². The van der Waals surface area contributed by atoms with Gasteiger partial charge in [-0.15, -0.1) is 11.3 Å². The molecule has 0 aromatic carbocycles. The van der Waals surface area contributed by atoms with Crippen LogP contribution in [0.5, 0.6) is 5.75 Å². The summed E-state index contributed by atoms with van der Waals surface area (Å²) in [5.74, 6) is -1.04. The second-order valence-corrected chi connectivity index (χ2v) is 8.63. The van der Waals surface area contributed by atoms with Crippen molar-refractivity contribution in [3.63, 3.8) is 0 Å². The van der Waals surface area contributed by atoms with E-state index in [9.17, 15) is 32.7 Å². The van der Waals surface area contributed by atoms with E-state index >= 15 is 0 Å². The first-order valence-electron chi connectivity index (χ1n) is 10.3. The van der Waals surface area contributed by atoms with Crippen LogP contribution in [0.1, 0.15) is 58.5 Å². The van der Waals surface area contributed by atoms with Crippen molar-refractivity contribution in [3.8, 4) is 5.75 Å². The van der Waals surface area contributed by atoms with Gasteiger partial charge in [0.15, 0.2) is 5.78 Å². The van der Waals surface area contributed by atoms with E-state index < -0.39 is 41.4 Å². The number of amides is 1. The Morgan fingerprint density at radius 2 is 1.94 bits per heavy atom. The predicted molar refractivity (Wildman–Crippen MR) is 121 cm³/mol. The highest BCUT2D eigenvalue weighted by atomic mass is 32.1. The van der Waals surface area contributed by atoms with E-state index in [1.165, 1.54) is 36.6 Å². The number of unbranched alkanes of at least 4 members (excludes halogenated alkanes) is 1. The number of aryl methyl sites for hydroxylation is 2. The monoisotopic (exact) mass is 499 g/mol. The highest BCUT2D eigenvalue weighted by Crippen LogP contribution is 2.27. The minimum absolute atomic E-state index is 0.0259. The number of carbonyl (C=O) groups is 2. The number of halogens is 3. The van der Waals surface area contributed by atoms with Crippen LogP contribution in [-0.2, 0) is 12.8 Å². The fraction of sp³-hybridized carbons (Fsp3) is 0.348. The number of rotatable bonds is 11. The molecular weight excluding hydrogens is 475 g/mol. The number of hydrogen-bond donors (Lipinski definition) is 3. The second-order valence-electron chi connectivity index (χ2n) is 7.43. The molecule has 0 bridgehead atoms. The summed E-state index contributed by atoms with van der Waals surface area (Å²) in [4.78, 5) is 36.7. The molecule has 0 aliphatic heterocycles. The van der Waals surface area contributed by atoms with Crippen LogP contribution in [-0.4, -0.2) is 28.3 Å². The minimum atomic E-state index is -4.20. The Labute approximate surface area is 197 Å². The van der Waals surface area contributed by atoms with Crippen molar-refractivity contribution in [2.45, 2.75) is 51.6 Å². The van der Waals surface area contributed by atoms with Gasteiger partial charge in [-0.1, -0.05) is 6.08 Å². The van der Waals surface area contributed by atoms with Crippen molar-refractivity contribution in [3.05, 3.63) is 67.5 Å². The molecule has 0 aliphatic rings. The van der Waals surface area contributed by atoms with Crippen LogP contribution in [0.3, 0.4) is 0 Å². The zero-order valence-electron chi connectivity index (χ0n) is 18.3. The number of carbonyl (C=O) groups excluding carboxylic acids is 1. The fourth-order valence-corrected chi connectivity index (χ4v) is 4.07. The molecule has 0 saturated carbocycles. The van der Waals surface area contributed by atoms with E-state index in [4.69, 9.17) is 9.52 Å². The second kappa shape index (κ2) is 12.2. The third kappa shape index (κ3) is 8.89. The number of ketones is 1. The molecule has 0 saturated heterocycles.